The molecule has 0 aliphatic carbocycles. The first-order valence-electron chi connectivity index (χ1n) is 39.3. The quantitative estimate of drug-likeness (QED) is 0.0143. The van der Waals surface area contributed by atoms with Gasteiger partial charge in [0, 0.05) is 56.1 Å². The normalized spacial score (nSPS) is 17.4. The molecule has 638 valence electrons. The number of carboxylic acids is 1. The maximum atomic E-state index is 15.0. The van der Waals surface area contributed by atoms with Crippen LogP contribution in [0.3, 0.4) is 0 Å². The number of aliphatic carboxylic acids is 1. The number of carbonyl (C=O) groups excluding carboxylic acids is 15. The number of primary amides is 1. The molecule has 6 rings (SSSR count). The largest absolute Gasteiger partial charge is 0.480 e. The third-order valence-corrected chi connectivity index (χ3v) is 20.9. The van der Waals surface area contributed by atoms with E-state index in [2.05, 4.69) is 68.5 Å². The number of carbonyl (C=O) groups is 16. The zero-order chi connectivity index (χ0) is 85.1. The minimum absolute atomic E-state index is 0.00469. The van der Waals surface area contributed by atoms with Crippen molar-refractivity contribution >= 4 is 123 Å². The summed E-state index contributed by atoms with van der Waals surface area (Å²) in [5, 5.41) is 39.0. The van der Waals surface area contributed by atoms with Crippen molar-refractivity contribution in [3.05, 3.63) is 71.9 Å². The fourth-order valence-corrected chi connectivity index (χ4v) is 14.5. The maximum absolute atomic E-state index is 15.0. The van der Waals surface area contributed by atoms with Gasteiger partial charge < -0.3 is 118 Å². The molecule has 3 aliphatic heterocycles. The first kappa shape index (κ1) is 93.9. The van der Waals surface area contributed by atoms with Gasteiger partial charge in [0.05, 0.1) is 26.1 Å². The summed E-state index contributed by atoms with van der Waals surface area (Å²) in [6.45, 7) is 3.55. The van der Waals surface area contributed by atoms with Crippen LogP contribution in [-0.2, 0) is 89.6 Å². The highest BCUT2D eigenvalue weighted by Crippen LogP contribution is 2.25. The second kappa shape index (κ2) is 47.8. The number of amides is 15. The number of nitrogens with two attached hydrogens (primary N) is 6. The molecule has 3 aromatic rings. The highest BCUT2D eigenvalue weighted by atomic mass is 32.2. The summed E-state index contributed by atoms with van der Waals surface area (Å²) in [6, 6.07) is 0.0286. The van der Waals surface area contributed by atoms with Crippen molar-refractivity contribution in [2.75, 3.05) is 70.9 Å². The van der Waals surface area contributed by atoms with Crippen LogP contribution in [0.25, 0.3) is 10.9 Å². The van der Waals surface area contributed by atoms with E-state index in [0.717, 1.165) is 10.9 Å². The van der Waals surface area contributed by atoms with E-state index in [-0.39, 0.29) is 122 Å². The van der Waals surface area contributed by atoms with Crippen LogP contribution in [0.4, 0.5) is 0 Å². The number of unbranched alkanes of at least 4 members (excludes halogenated alkanes) is 2. The molecule has 116 heavy (non-hydrogen) atoms. The lowest BCUT2D eigenvalue weighted by Crippen LogP contribution is -2.61. The van der Waals surface area contributed by atoms with Crippen molar-refractivity contribution < 1.29 is 81.8 Å². The summed E-state index contributed by atoms with van der Waals surface area (Å²) in [7, 11) is 0. The van der Waals surface area contributed by atoms with E-state index >= 15 is 4.79 Å². The predicted molar refractivity (Wildman–Crippen MR) is 429 cm³/mol. The van der Waals surface area contributed by atoms with Gasteiger partial charge in [0.1, 0.15) is 72.5 Å². The Morgan fingerprint density at radius 3 is 1.60 bits per heavy atom. The summed E-state index contributed by atoms with van der Waals surface area (Å²) >= 11 is 1.45. The Morgan fingerprint density at radius 1 is 0.517 bits per heavy atom. The third kappa shape index (κ3) is 29.1. The van der Waals surface area contributed by atoms with Crippen molar-refractivity contribution in [2.45, 2.75) is 209 Å². The van der Waals surface area contributed by atoms with Crippen molar-refractivity contribution in [3.63, 3.8) is 0 Å². The molecule has 39 nitrogen and oxygen atoms in total. The second-order valence-corrected chi connectivity index (χ2v) is 30.3. The number of nitrogens with zero attached hydrogens (tertiary/aromatic N) is 4. The second-order valence-electron chi connectivity index (χ2n) is 29.3. The van der Waals surface area contributed by atoms with Crippen LogP contribution in [0.15, 0.2) is 65.8 Å². The molecular formula is C76H116N22O17S. The van der Waals surface area contributed by atoms with Crippen LogP contribution >= 0.6 is 11.8 Å². The number of aliphatic imine (C=N–C) groups is 1. The van der Waals surface area contributed by atoms with E-state index in [0.29, 0.717) is 55.4 Å². The SMILES string of the molecule is CSCC[C@H](NC(=O)CN)C(=O)NCC(=O)N1CCC[C@H]1C(=O)N[C@@H](Cc1c[nH]c2ccccc12)C(=O)NCC(=O)N[C@@H](CCCCN)C(=O)N[C@@H](CCCCN)C(=O)N1CCC[C@H]1C(=O)N[C@@H](CCCN=C(N)N)C(=O)N[C@@H](CC(N)=O)C(=O)N[C@@H](Cc1ccccc1)C(=O)N1CCC[C@H]1C(=O)N[C@H](C(=O)N[C@@H](C)C(=O)O)C(C)C. The number of aromatic nitrogens is 1. The Balaban J connectivity index is 1.17. The van der Waals surface area contributed by atoms with Gasteiger partial charge in [-0.25, -0.2) is 0 Å². The predicted octanol–water partition coefficient (Wildman–Crippen LogP) is -4.82. The summed E-state index contributed by atoms with van der Waals surface area (Å²) in [5.74, 6) is -13.4. The van der Waals surface area contributed by atoms with Gasteiger partial charge in [-0.2, -0.15) is 11.8 Å². The minimum Gasteiger partial charge on any atom is -0.480 e. The standard InChI is InChI=1S/C76H116N22O17S/c1-43(2)63(72(111)87-44(3)75(114)115)95-71(110)58-27-17-34-98(58)74(113)55(36-45-18-6-5-7-19-45)94-68(107)54(38-59(80)99)92-67(106)50(24-14-31-83-76(81)82)90-70(109)57-26-16-33-97(57)73(112)52(23-11-13-30-78)91-66(105)49(22-10-12-29-77)89-61(101)41-85-65(104)53(37-46-40-84-48-21-9-8-20-47(46)48)93-69(108)56-25-15-32-96(56)62(102)42-86-64(103)51(28-35-116-4)88-60(100)39-79/h5-9,18-21,40,43-44,49-58,63,84H,10-17,22-39,41-42,77-79H2,1-4H3,(H2,80,99)(H,85,104)(H,86,103)(H,87,111)(H,88,100)(H,89,101)(H,90,109)(H,91,105)(H,92,106)(H,93,108)(H,94,107)(H,95,110)(H,114,115)(H4,81,82,83)/t44-,49-,50-,51-,52-,53-,54-,55-,56-,57-,58-,63-/m0/s1. The van der Waals surface area contributed by atoms with E-state index in [1.165, 1.54) is 33.4 Å². The molecule has 0 radical (unpaired) electrons. The first-order chi connectivity index (χ1) is 55.4. The van der Waals surface area contributed by atoms with Gasteiger partial charge in [0.15, 0.2) is 5.96 Å². The van der Waals surface area contributed by atoms with E-state index < -0.39 is 193 Å². The fourth-order valence-electron chi connectivity index (χ4n) is 14.0. The topological polar surface area (TPSA) is 620 Å². The van der Waals surface area contributed by atoms with Crippen LogP contribution in [0, 0.1) is 5.92 Å². The van der Waals surface area contributed by atoms with Crippen molar-refractivity contribution in [1.82, 2.24) is 78.2 Å². The molecule has 3 saturated heterocycles. The summed E-state index contributed by atoms with van der Waals surface area (Å²) in [6.07, 6.45) is 5.46. The third-order valence-electron chi connectivity index (χ3n) is 20.2. The van der Waals surface area contributed by atoms with E-state index in [9.17, 15) is 77.0 Å². The van der Waals surface area contributed by atoms with E-state index in [4.69, 9.17) is 34.4 Å². The smallest absolute Gasteiger partial charge is 0.325 e. The summed E-state index contributed by atoms with van der Waals surface area (Å²) in [5.41, 5.74) is 36.1. The lowest BCUT2D eigenvalue weighted by atomic mass is 10.0. The van der Waals surface area contributed by atoms with Crippen LogP contribution < -0.4 is 92.9 Å². The molecule has 0 unspecified atom stereocenters. The first-order valence-corrected chi connectivity index (χ1v) is 40.7. The van der Waals surface area contributed by atoms with Gasteiger partial charge in [0.25, 0.3) is 0 Å². The van der Waals surface area contributed by atoms with Gasteiger partial charge in [-0.15, -0.1) is 0 Å². The van der Waals surface area contributed by atoms with Gasteiger partial charge in [-0.3, -0.25) is 81.7 Å². The number of thioether (sulfide) groups is 1. The number of para-hydroxylation sites is 1. The summed E-state index contributed by atoms with van der Waals surface area (Å²) in [4.78, 5) is 233. The van der Waals surface area contributed by atoms with Gasteiger partial charge in [0.2, 0.25) is 88.6 Å². The van der Waals surface area contributed by atoms with Crippen molar-refractivity contribution in [3.8, 4) is 0 Å². The maximum Gasteiger partial charge on any atom is 0.325 e. The Morgan fingerprint density at radius 2 is 1.02 bits per heavy atom. The van der Waals surface area contributed by atoms with Gasteiger partial charge in [-0.05, 0) is 151 Å². The number of benzene rings is 2. The molecule has 2 aromatic carbocycles. The molecular weight excluding hydrogens is 1530 g/mol. The number of likely N-dealkylation sites (tertiary alicyclic amines) is 3. The van der Waals surface area contributed by atoms with Gasteiger partial charge >= 0.3 is 5.97 Å². The monoisotopic (exact) mass is 1640 g/mol. The molecule has 25 N–H and O–H groups in total. The molecule has 12 atom stereocenters. The fraction of sp³-hybridized carbons (Fsp3) is 0.592. The minimum atomic E-state index is -1.79. The lowest BCUT2D eigenvalue weighted by Gasteiger charge is -2.32. The molecule has 3 fully saturated rings. The zero-order valence-electron chi connectivity index (χ0n) is 66.2. The number of guanidine groups is 1. The molecule has 4 heterocycles. The number of fused-ring (bicyclic) bond motifs is 1. The molecule has 0 bridgehead atoms. The molecule has 0 saturated carbocycles. The molecule has 3 aliphatic rings. The number of rotatable bonds is 48. The van der Waals surface area contributed by atoms with Crippen LogP contribution in [0.2, 0.25) is 0 Å². The Labute approximate surface area is 677 Å². The Bertz CT molecular complexity index is 3940. The number of hydrogen-bond donors (Lipinski definition) is 19. The molecule has 40 heteroatoms. The number of H-pyrrole nitrogens is 1. The molecule has 15 amide bonds. The number of carboxylic acid groups (broad SMARTS) is 1. The molecule has 0 spiro atoms. The highest BCUT2D eigenvalue weighted by molar-refractivity contribution is 7.98. The van der Waals surface area contributed by atoms with E-state index in [1.807, 2.05) is 24.5 Å². The number of hydrogen-bond acceptors (Lipinski definition) is 21. The highest BCUT2D eigenvalue weighted by Gasteiger charge is 2.44. The van der Waals surface area contributed by atoms with Crippen LogP contribution in [0.1, 0.15) is 135 Å². The van der Waals surface area contributed by atoms with Crippen LogP contribution in [-0.4, -0.2) is 269 Å². The molecule has 1 aromatic heterocycles. The number of aromatic amines is 1. The summed E-state index contributed by atoms with van der Waals surface area (Å²) < 4.78 is 0. The average molecular weight is 1640 g/mol. The average Bonchev–Trinajstić information content (AvgIpc) is 1.64. The van der Waals surface area contributed by atoms with Crippen LogP contribution in [0.5, 0.6) is 0 Å². The van der Waals surface area contributed by atoms with Crippen molar-refractivity contribution in [2.24, 2.45) is 45.3 Å². The zero-order valence-corrected chi connectivity index (χ0v) is 67.0. The van der Waals surface area contributed by atoms with Crippen molar-refractivity contribution in [1.29, 1.82) is 0 Å². The Hall–Kier alpha value is -11.0. The van der Waals surface area contributed by atoms with Gasteiger partial charge in [-0.1, -0.05) is 62.4 Å². The Kier molecular flexibility index (Phi) is 38.6. The number of nitrogens with one attached hydrogen (secondary N) is 12. The van der Waals surface area contributed by atoms with E-state index in [1.54, 1.807) is 56.4 Å². The lowest BCUT2D eigenvalue weighted by molar-refractivity contribution is -0.144.